The maximum Gasteiger partial charge on any atom is 0.240 e. The number of nitrogens with one attached hydrogen (secondary N) is 1. The highest BCUT2D eigenvalue weighted by atomic mass is 16.5. The first-order chi connectivity index (χ1) is 11.6. The number of hydrogen-bond donors (Lipinski definition) is 1. The second-order valence-electron chi connectivity index (χ2n) is 5.91. The molecule has 0 atom stereocenters. The number of nitrogens with zero attached hydrogens (tertiary/aromatic N) is 5. The van der Waals surface area contributed by atoms with E-state index in [4.69, 9.17) is 9.26 Å². The van der Waals surface area contributed by atoms with E-state index in [-0.39, 0.29) is 5.91 Å². The van der Waals surface area contributed by atoms with Gasteiger partial charge in [0.15, 0.2) is 5.82 Å². The summed E-state index contributed by atoms with van der Waals surface area (Å²) < 4.78 is 10.2. The van der Waals surface area contributed by atoms with E-state index in [2.05, 4.69) is 25.2 Å². The lowest BCUT2D eigenvalue weighted by Crippen LogP contribution is -2.48. The monoisotopic (exact) mass is 334 g/mol. The molecule has 0 aliphatic carbocycles. The Morgan fingerprint density at radius 2 is 2.17 bits per heavy atom. The third-order valence-corrected chi connectivity index (χ3v) is 3.96. The number of carbonyl (C=O) groups is 1. The van der Waals surface area contributed by atoms with E-state index >= 15 is 0 Å². The maximum absolute atomic E-state index is 12.3. The van der Waals surface area contributed by atoms with E-state index in [1.807, 2.05) is 17.9 Å². The summed E-state index contributed by atoms with van der Waals surface area (Å²) in [5.74, 6) is 1.24. The van der Waals surface area contributed by atoms with Gasteiger partial charge in [-0.1, -0.05) is 5.16 Å². The Hall–Kier alpha value is -2.26. The maximum atomic E-state index is 12.3. The van der Waals surface area contributed by atoms with Crippen LogP contribution in [-0.2, 0) is 29.1 Å². The van der Waals surface area contributed by atoms with Gasteiger partial charge in [0.05, 0.1) is 18.7 Å². The van der Waals surface area contributed by atoms with Gasteiger partial charge in [-0.2, -0.15) is 10.1 Å². The number of amides is 1. The zero-order valence-corrected chi connectivity index (χ0v) is 14.0. The molecule has 1 amide bonds. The summed E-state index contributed by atoms with van der Waals surface area (Å²) in [6, 6.07) is 1.90. The number of piperazine rings is 1. The number of carbonyl (C=O) groups excluding carboxylic acids is 1. The van der Waals surface area contributed by atoms with Crippen LogP contribution in [0.2, 0.25) is 0 Å². The zero-order chi connectivity index (χ0) is 16.9. The molecule has 0 saturated carbocycles. The Kier molecular flexibility index (Phi) is 5.21. The van der Waals surface area contributed by atoms with Gasteiger partial charge < -0.3 is 14.2 Å². The van der Waals surface area contributed by atoms with Gasteiger partial charge in [-0.3, -0.25) is 14.8 Å². The van der Waals surface area contributed by atoms with Crippen LogP contribution in [0.4, 0.5) is 0 Å². The SMILES string of the molecule is COCc1noc(CN2CCN(C(=O)Cc3cc(C)[nH]n3)CC2)n1. The Morgan fingerprint density at radius 1 is 1.38 bits per heavy atom. The number of aromatic amines is 1. The highest BCUT2D eigenvalue weighted by molar-refractivity contribution is 5.78. The predicted molar refractivity (Wildman–Crippen MR) is 83.9 cm³/mol. The fraction of sp³-hybridized carbons (Fsp3) is 0.600. The van der Waals surface area contributed by atoms with Gasteiger partial charge in [0.1, 0.15) is 6.61 Å². The molecule has 1 aliphatic heterocycles. The molecule has 0 radical (unpaired) electrons. The second kappa shape index (κ2) is 7.54. The largest absolute Gasteiger partial charge is 0.377 e. The molecule has 9 nitrogen and oxygen atoms in total. The highest BCUT2D eigenvalue weighted by Crippen LogP contribution is 2.09. The number of ether oxygens (including phenoxy) is 1. The summed E-state index contributed by atoms with van der Waals surface area (Å²) >= 11 is 0. The first kappa shape index (κ1) is 16.6. The van der Waals surface area contributed by atoms with Crippen molar-refractivity contribution in [2.45, 2.75) is 26.5 Å². The predicted octanol–water partition coefficient (Wildman–Crippen LogP) is 0.134. The van der Waals surface area contributed by atoms with Crippen molar-refractivity contribution in [3.05, 3.63) is 29.2 Å². The van der Waals surface area contributed by atoms with Gasteiger partial charge >= 0.3 is 0 Å². The molecule has 9 heteroatoms. The molecule has 0 unspecified atom stereocenters. The molecule has 1 saturated heterocycles. The second-order valence-corrected chi connectivity index (χ2v) is 5.91. The van der Waals surface area contributed by atoms with Crippen LogP contribution in [0.25, 0.3) is 0 Å². The van der Waals surface area contributed by atoms with Crippen molar-refractivity contribution < 1.29 is 14.1 Å². The van der Waals surface area contributed by atoms with E-state index in [9.17, 15) is 4.79 Å². The van der Waals surface area contributed by atoms with Crippen LogP contribution >= 0.6 is 0 Å². The smallest absolute Gasteiger partial charge is 0.240 e. The molecule has 0 aromatic carbocycles. The lowest BCUT2D eigenvalue weighted by molar-refractivity contribution is -0.132. The molecule has 3 heterocycles. The minimum atomic E-state index is 0.112. The van der Waals surface area contributed by atoms with Crippen LogP contribution in [0, 0.1) is 6.92 Å². The Bertz CT molecular complexity index is 674. The summed E-state index contributed by atoms with van der Waals surface area (Å²) in [5, 5.41) is 10.8. The van der Waals surface area contributed by atoms with Crippen molar-refractivity contribution in [3.63, 3.8) is 0 Å². The first-order valence-electron chi connectivity index (χ1n) is 7.95. The fourth-order valence-electron chi connectivity index (χ4n) is 2.72. The van der Waals surface area contributed by atoms with Crippen LogP contribution in [0.1, 0.15) is 23.1 Å². The van der Waals surface area contributed by atoms with Crippen molar-refractivity contribution in [2.75, 3.05) is 33.3 Å². The molecule has 0 bridgehead atoms. The summed E-state index contributed by atoms with van der Waals surface area (Å²) in [6.07, 6.45) is 0.342. The molecular weight excluding hydrogens is 312 g/mol. The number of rotatable bonds is 6. The molecule has 24 heavy (non-hydrogen) atoms. The normalized spacial score (nSPS) is 15.8. The van der Waals surface area contributed by atoms with Crippen LogP contribution in [0.15, 0.2) is 10.6 Å². The van der Waals surface area contributed by atoms with E-state index in [1.54, 1.807) is 7.11 Å². The van der Waals surface area contributed by atoms with Gasteiger partial charge in [0.25, 0.3) is 0 Å². The van der Waals surface area contributed by atoms with Crippen molar-refractivity contribution >= 4 is 5.91 Å². The summed E-state index contributed by atoms with van der Waals surface area (Å²) in [7, 11) is 1.59. The van der Waals surface area contributed by atoms with E-state index in [1.165, 1.54) is 0 Å². The molecular formula is C15H22N6O3. The van der Waals surface area contributed by atoms with E-state index in [0.29, 0.717) is 44.4 Å². The average molecular weight is 334 g/mol. The number of hydrogen-bond acceptors (Lipinski definition) is 7. The lowest BCUT2D eigenvalue weighted by atomic mass is 10.2. The first-order valence-corrected chi connectivity index (χ1v) is 7.95. The van der Waals surface area contributed by atoms with E-state index < -0.39 is 0 Å². The Balaban J connectivity index is 1.45. The van der Waals surface area contributed by atoms with Crippen LogP contribution < -0.4 is 0 Å². The molecule has 130 valence electrons. The molecule has 1 N–H and O–H groups in total. The minimum absolute atomic E-state index is 0.112. The van der Waals surface area contributed by atoms with Crippen LogP contribution in [0.3, 0.4) is 0 Å². The lowest BCUT2D eigenvalue weighted by Gasteiger charge is -2.33. The van der Waals surface area contributed by atoms with Gasteiger partial charge in [0, 0.05) is 39.0 Å². The molecule has 1 aliphatic rings. The van der Waals surface area contributed by atoms with Crippen molar-refractivity contribution in [3.8, 4) is 0 Å². The third kappa shape index (κ3) is 4.18. The summed E-state index contributed by atoms with van der Waals surface area (Å²) in [4.78, 5) is 20.7. The van der Waals surface area contributed by atoms with Gasteiger partial charge in [-0.15, -0.1) is 0 Å². The minimum Gasteiger partial charge on any atom is -0.377 e. The van der Waals surface area contributed by atoms with Crippen LogP contribution in [-0.4, -0.2) is 69.3 Å². The molecule has 1 fully saturated rings. The Labute approximate surface area is 140 Å². The topological polar surface area (TPSA) is 100 Å². The summed E-state index contributed by atoms with van der Waals surface area (Å²) in [6.45, 7) is 5.83. The summed E-state index contributed by atoms with van der Waals surface area (Å²) in [5.41, 5.74) is 1.76. The van der Waals surface area contributed by atoms with Crippen molar-refractivity contribution in [1.29, 1.82) is 0 Å². The van der Waals surface area contributed by atoms with Crippen LogP contribution in [0.5, 0.6) is 0 Å². The number of aromatic nitrogens is 4. The van der Waals surface area contributed by atoms with E-state index in [0.717, 1.165) is 24.5 Å². The van der Waals surface area contributed by atoms with Crippen molar-refractivity contribution in [1.82, 2.24) is 30.1 Å². The van der Waals surface area contributed by atoms with Gasteiger partial charge in [0.2, 0.25) is 11.8 Å². The molecule has 2 aromatic heterocycles. The quantitative estimate of drug-likeness (QED) is 0.801. The standard InChI is InChI=1S/C15H22N6O3/c1-11-7-12(18-17-11)8-15(22)21-5-3-20(4-6-21)9-14-16-13(10-23-2)19-24-14/h7H,3-6,8-10H2,1-2H3,(H,17,18). The fourth-order valence-corrected chi connectivity index (χ4v) is 2.72. The molecule has 2 aromatic rings. The Morgan fingerprint density at radius 3 is 2.83 bits per heavy atom. The highest BCUT2D eigenvalue weighted by Gasteiger charge is 2.23. The van der Waals surface area contributed by atoms with Gasteiger partial charge in [-0.25, -0.2) is 0 Å². The number of methoxy groups -OCH3 is 1. The number of aryl methyl sites for hydroxylation is 1. The van der Waals surface area contributed by atoms with Crippen molar-refractivity contribution in [2.24, 2.45) is 0 Å². The molecule has 3 rings (SSSR count). The molecule has 0 spiro atoms. The number of H-pyrrole nitrogens is 1. The van der Waals surface area contributed by atoms with Gasteiger partial charge in [-0.05, 0) is 13.0 Å². The third-order valence-electron chi connectivity index (χ3n) is 3.96. The zero-order valence-electron chi connectivity index (χ0n) is 14.0. The average Bonchev–Trinajstić information content (AvgIpc) is 3.17.